The lowest BCUT2D eigenvalue weighted by atomic mass is 9.99. The molecular weight excluding hydrogens is 326 g/mol. The Morgan fingerprint density at radius 2 is 1.96 bits per heavy atom. The normalized spacial score (nSPS) is 14.3. The number of hydrogen-bond donors (Lipinski definition) is 3. The Hall–Kier alpha value is -3.06. The van der Waals surface area contributed by atoms with Crippen LogP contribution >= 0.6 is 0 Å². The van der Waals surface area contributed by atoms with Gasteiger partial charge in [-0.15, -0.1) is 0 Å². The van der Waals surface area contributed by atoms with Crippen molar-refractivity contribution in [1.29, 1.82) is 0 Å². The molecule has 7 heteroatoms. The molecule has 0 fully saturated rings. The molecule has 7 nitrogen and oxygen atoms in total. The summed E-state index contributed by atoms with van der Waals surface area (Å²) in [4.78, 5) is 23.3. The van der Waals surface area contributed by atoms with Crippen molar-refractivity contribution in [3.05, 3.63) is 65.2 Å². The largest absolute Gasteiger partial charge is 0.488 e. The summed E-state index contributed by atoms with van der Waals surface area (Å²) in [5.41, 5.74) is 2.09. The van der Waals surface area contributed by atoms with E-state index in [1.54, 1.807) is 42.5 Å². The summed E-state index contributed by atoms with van der Waals surface area (Å²) in [6.45, 7) is 0.500. The number of aliphatic hydroxyl groups excluding tert-OH is 1. The van der Waals surface area contributed by atoms with Crippen LogP contribution in [-0.2, 0) is 22.7 Å². The zero-order valence-electron chi connectivity index (χ0n) is 13.2. The van der Waals surface area contributed by atoms with Gasteiger partial charge in [-0.25, -0.2) is 9.59 Å². The number of aliphatic carboxylic acids is 1. The number of rotatable bonds is 6. The van der Waals surface area contributed by atoms with Gasteiger partial charge in [-0.05, 0) is 17.2 Å². The van der Waals surface area contributed by atoms with Crippen molar-refractivity contribution in [3.63, 3.8) is 0 Å². The fourth-order valence-corrected chi connectivity index (χ4v) is 2.44. The molecule has 2 unspecified atom stereocenters. The van der Waals surface area contributed by atoms with Gasteiger partial charge in [-0.1, -0.05) is 42.5 Å². The molecule has 0 bridgehead atoms. The molecule has 0 aliphatic carbocycles. The predicted octanol–water partition coefficient (Wildman–Crippen LogP) is 1.99. The molecule has 0 radical (unpaired) electrons. The second-order valence-electron chi connectivity index (χ2n) is 5.62. The van der Waals surface area contributed by atoms with Gasteiger partial charge in [0.15, 0.2) is 6.04 Å². The van der Waals surface area contributed by atoms with Crippen LogP contribution in [-0.4, -0.2) is 28.3 Å². The summed E-state index contributed by atoms with van der Waals surface area (Å²) in [5, 5.41) is 21.8. The van der Waals surface area contributed by atoms with Crippen LogP contribution in [0.4, 0.5) is 4.79 Å². The van der Waals surface area contributed by atoms with Gasteiger partial charge < -0.3 is 25.0 Å². The highest BCUT2D eigenvalue weighted by atomic mass is 16.5. The van der Waals surface area contributed by atoms with E-state index in [4.69, 9.17) is 9.47 Å². The van der Waals surface area contributed by atoms with Crippen LogP contribution in [0.2, 0.25) is 0 Å². The maximum absolute atomic E-state index is 11.9. The number of carboxylic acid groups (broad SMARTS) is 1. The van der Waals surface area contributed by atoms with Gasteiger partial charge in [0.1, 0.15) is 25.1 Å². The molecule has 2 aromatic carbocycles. The van der Waals surface area contributed by atoms with E-state index in [0.717, 1.165) is 11.1 Å². The van der Waals surface area contributed by atoms with Crippen LogP contribution in [0.15, 0.2) is 48.5 Å². The fourth-order valence-electron chi connectivity index (χ4n) is 2.44. The number of aliphatic hydroxyl groups is 1. The first-order chi connectivity index (χ1) is 12.0. The quantitative estimate of drug-likeness (QED) is 0.741. The number of carbonyl (C=O) groups excluding carboxylic acids is 1. The van der Waals surface area contributed by atoms with Gasteiger partial charge in [0.25, 0.3) is 0 Å². The molecule has 0 spiro atoms. The van der Waals surface area contributed by atoms with Crippen molar-refractivity contribution in [2.24, 2.45) is 0 Å². The topological polar surface area (TPSA) is 105 Å². The summed E-state index contributed by atoms with van der Waals surface area (Å²) < 4.78 is 10.2. The average Bonchev–Trinajstić information content (AvgIpc) is 2.59. The first-order valence-corrected chi connectivity index (χ1v) is 7.68. The zero-order valence-corrected chi connectivity index (χ0v) is 13.2. The second-order valence-corrected chi connectivity index (χ2v) is 5.62. The van der Waals surface area contributed by atoms with Crippen LogP contribution < -0.4 is 10.1 Å². The monoisotopic (exact) mass is 343 g/mol. The zero-order chi connectivity index (χ0) is 17.8. The summed E-state index contributed by atoms with van der Waals surface area (Å²) in [7, 11) is 0. The minimum absolute atomic E-state index is 0.00178. The third kappa shape index (κ3) is 3.89. The number of ether oxygens (including phenoxy) is 2. The summed E-state index contributed by atoms with van der Waals surface area (Å²) >= 11 is 0. The van der Waals surface area contributed by atoms with E-state index in [1.807, 2.05) is 6.07 Å². The lowest BCUT2D eigenvalue weighted by Crippen LogP contribution is -2.45. The molecule has 25 heavy (non-hydrogen) atoms. The number of amides is 1. The predicted molar refractivity (Wildman–Crippen MR) is 86.9 cm³/mol. The van der Waals surface area contributed by atoms with Gasteiger partial charge in [-0.3, -0.25) is 0 Å². The van der Waals surface area contributed by atoms with Crippen LogP contribution in [0.5, 0.6) is 5.75 Å². The molecule has 0 saturated carbocycles. The molecular formula is C18H17NO6. The Bertz CT molecular complexity index is 776. The lowest BCUT2D eigenvalue weighted by Gasteiger charge is -2.24. The first-order valence-electron chi connectivity index (χ1n) is 7.68. The number of alkyl carbamates (subject to hydrolysis) is 1. The molecule has 3 N–H and O–H groups in total. The third-order valence-electron chi connectivity index (χ3n) is 3.88. The van der Waals surface area contributed by atoms with Crippen LogP contribution in [0.25, 0.3) is 0 Å². The van der Waals surface area contributed by atoms with E-state index >= 15 is 0 Å². The van der Waals surface area contributed by atoms with Crippen LogP contribution in [0, 0.1) is 0 Å². The Labute approximate surface area is 143 Å². The number of benzene rings is 2. The van der Waals surface area contributed by atoms with Crippen molar-refractivity contribution < 1.29 is 29.3 Å². The van der Waals surface area contributed by atoms with Gasteiger partial charge in [0, 0.05) is 5.56 Å². The second kappa shape index (κ2) is 7.23. The average molecular weight is 343 g/mol. The number of carboxylic acids is 1. The van der Waals surface area contributed by atoms with Crippen molar-refractivity contribution >= 4 is 12.1 Å². The molecule has 1 heterocycles. The Morgan fingerprint density at radius 1 is 1.20 bits per heavy atom. The third-order valence-corrected chi connectivity index (χ3v) is 3.88. The smallest absolute Gasteiger partial charge is 0.408 e. The molecule has 2 aromatic rings. The first kappa shape index (κ1) is 16.8. The Kier molecular flexibility index (Phi) is 4.85. The van der Waals surface area contributed by atoms with E-state index < -0.39 is 24.2 Å². The number of carbonyl (C=O) groups is 2. The number of hydrogen-bond acceptors (Lipinski definition) is 5. The maximum atomic E-state index is 11.9. The van der Waals surface area contributed by atoms with Crippen molar-refractivity contribution in [1.82, 2.24) is 5.32 Å². The van der Waals surface area contributed by atoms with Gasteiger partial charge in [0.2, 0.25) is 0 Å². The molecule has 1 amide bonds. The minimum atomic E-state index is -1.54. The minimum Gasteiger partial charge on any atom is -0.488 e. The van der Waals surface area contributed by atoms with Gasteiger partial charge in [0.05, 0.1) is 0 Å². The van der Waals surface area contributed by atoms with E-state index in [0.29, 0.717) is 17.9 Å². The molecule has 3 rings (SSSR count). The van der Waals surface area contributed by atoms with E-state index in [1.165, 1.54) is 0 Å². The summed E-state index contributed by atoms with van der Waals surface area (Å²) in [6.07, 6.45) is -2.35. The molecule has 130 valence electrons. The van der Waals surface area contributed by atoms with E-state index in [9.17, 15) is 19.8 Å². The highest BCUT2D eigenvalue weighted by Crippen LogP contribution is 2.32. The highest BCUT2D eigenvalue weighted by molar-refractivity contribution is 5.80. The standard InChI is InChI=1S/C18H17NO6/c20-16(12-6-7-13-10-24-14(13)8-12)15(17(21)22)19-18(23)25-9-11-4-2-1-3-5-11/h1-8,15-16,20H,9-10H2,(H,19,23)(H,21,22). The SMILES string of the molecule is O=C(NC(C(=O)O)C(O)c1ccc2c(c1)OC2)OCc1ccccc1. The van der Waals surface area contributed by atoms with E-state index in [2.05, 4.69) is 5.32 Å². The van der Waals surface area contributed by atoms with Crippen molar-refractivity contribution in [2.75, 3.05) is 0 Å². The Balaban J connectivity index is 1.63. The van der Waals surface area contributed by atoms with Crippen molar-refractivity contribution in [3.8, 4) is 5.75 Å². The van der Waals surface area contributed by atoms with Crippen LogP contribution in [0.3, 0.4) is 0 Å². The number of nitrogens with one attached hydrogen (secondary N) is 1. The maximum Gasteiger partial charge on any atom is 0.408 e. The summed E-state index contributed by atoms with van der Waals surface area (Å²) in [5.74, 6) is -0.764. The molecule has 1 aliphatic heterocycles. The fraction of sp³-hybridized carbons (Fsp3) is 0.222. The molecule has 2 atom stereocenters. The van der Waals surface area contributed by atoms with Gasteiger partial charge in [-0.2, -0.15) is 0 Å². The van der Waals surface area contributed by atoms with Crippen LogP contribution in [0.1, 0.15) is 22.8 Å². The lowest BCUT2D eigenvalue weighted by molar-refractivity contribution is -0.142. The molecule has 1 aliphatic rings. The molecule has 0 saturated heterocycles. The van der Waals surface area contributed by atoms with E-state index in [-0.39, 0.29) is 6.61 Å². The molecule has 0 aromatic heterocycles. The van der Waals surface area contributed by atoms with Gasteiger partial charge >= 0.3 is 12.1 Å². The Morgan fingerprint density at radius 3 is 2.56 bits per heavy atom. The summed E-state index contributed by atoms with van der Waals surface area (Å²) in [6, 6.07) is 12.4. The highest BCUT2D eigenvalue weighted by Gasteiger charge is 2.31. The number of fused-ring (bicyclic) bond motifs is 1. The van der Waals surface area contributed by atoms with Crippen molar-refractivity contribution in [2.45, 2.75) is 25.4 Å².